The Balaban J connectivity index is 2.25. The van der Waals surface area contributed by atoms with Gasteiger partial charge in [0.15, 0.2) is 0 Å². The van der Waals surface area contributed by atoms with Crippen LogP contribution in [0, 0.1) is 13.8 Å². The highest BCUT2D eigenvalue weighted by Crippen LogP contribution is 2.26. The molecule has 0 saturated carbocycles. The average Bonchev–Trinajstić information content (AvgIpc) is 2.43. The Morgan fingerprint density at radius 3 is 2.64 bits per heavy atom. The molecule has 1 aromatic heterocycles. The van der Waals surface area contributed by atoms with Gasteiger partial charge in [-0.15, -0.1) is 0 Å². The van der Waals surface area contributed by atoms with Gasteiger partial charge in [-0.05, 0) is 53.0 Å². The van der Waals surface area contributed by atoms with Gasteiger partial charge in [0.25, 0.3) is 5.56 Å². The highest BCUT2D eigenvalue weighted by molar-refractivity contribution is 9.10. The van der Waals surface area contributed by atoms with E-state index in [-0.39, 0.29) is 12.3 Å². The van der Waals surface area contributed by atoms with E-state index in [1.54, 1.807) is 6.33 Å². The molecule has 0 fully saturated rings. The summed E-state index contributed by atoms with van der Waals surface area (Å²) in [6.45, 7) is 11.9. The van der Waals surface area contributed by atoms with Crippen molar-refractivity contribution in [2.24, 2.45) is 0 Å². The summed E-state index contributed by atoms with van der Waals surface area (Å²) in [5, 5.41) is 0.631. The lowest BCUT2D eigenvalue weighted by Gasteiger charge is -2.16. The number of halogens is 1. The van der Waals surface area contributed by atoms with Crippen LogP contribution in [0.1, 0.15) is 11.1 Å². The summed E-state index contributed by atoms with van der Waals surface area (Å²) < 4.78 is 8.09. The molecule has 0 aliphatic heterocycles. The van der Waals surface area contributed by atoms with Crippen molar-refractivity contribution < 1.29 is 4.74 Å². The second-order valence-corrected chi connectivity index (χ2v) is 13.3. The Hall–Kier alpha value is -0.983. The third kappa shape index (κ3) is 3.85. The molecule has 0 atom stereocenters. The van der Waals surface area contributed by atoms with Crippen molar-refractivity contribution in [3.8, 4) is 0 Å². The van der Waals surface area contributed by atoms with Crippen molar-refractivity contribution in [3.05, 3.63) is 38.3 Å². The van der Waals surface area contributed by atoms with Crippen molar-refractivity contribution in [2.75, 3.05) is 6.61 Å². The minimum absolute atomic E-state index is 0.0539. The van der Waals surface area contributed by atoms with Gasteiger partial charge in [0.05, 0.1) is 10.9 Å². The van der Waals surface area contributed by atoms with Gasteiger partial charge in [0.2, 0.25) is 0 Å². The first-order chi connectivity index (χ1) is 10.2. The average molecular weight is 383 g/mol. The van der Waals surface area contributed by atoms with Gasteiger partial charge in [-0.2, -0.15) is 0 Å². The van der Waals surface area contributed by atoms with Crippen molar-refractivity contribution in [2.45, 2.75) is 46.3 Å². The van der Waals surface area contributed by atoms with Crippen LogP contribution in [0.2, 0.25) is 25.7 Å². The van der Waals surface area contributed by atoms with E-state index in [9.17, 15) is 4.79 Å². The lowest BCUT2D eigenvalue weighted by molar-refractivity contribution is 0.0844. The number of hydrogen-bond donors (Lipinski definition) is 0. The second kappa shape index (κ2) is 6.64. The molecule has 120 valence electrons. The predicted octanol–water partition coefficient (Wildman–Crippen LogP) is 4.09. The van der Waals surface area contributed by atoms with E-state index in [0.29, 0.717) is 17.5 Å². The van der Waals surface area contributed by atoms with Crippen molar-refractivity contribution in [1.29, 1.82) is 0 Å². The van der Waals surface area contributed by atoms with Gasteiger partial charge in [0, 0.05) is 19.2 Å². The van der Waals surface area contributed by atoms with Crippen molar-refractivity contribution in [1.82, 2.24) is 9.55 Å². The molecule has 2 aromatic rings. The Morgan fingerprint density at radius 2 is 2.00 bits per heavy atom. The monoisotopic (exact) mass is 382 g/mol. The van der Waals surface area contributed by atoms with E-state index in [4.69, 9.17) is 4.74 Å². The number of aromatic nitrogens is 2. The molecular formula is C16H23BrN2O2Si. The van der Waals surface area contributed by atoms with Crippen molar-refractivity contribution in [3.63, 3.8) is 0 Å². The number of benzene rings is 1. The molecule has 0 aliphatic carbocycles. The third-order valence-corrected chi connectivity index (χ3v) is 6.46. The molecule has 1 heterocycles. The van der Waals surface area contributed by atoms with Crippen LogP contribution in [-0.4, -0.2) is 24.2 Å². The van der Waals surface area contributed by atoms with Gasteiger partial charge in [0.1, 0.15) is 13.1 Å². The molecule has 0 unspecified atom stereocenters. The Labute approximate surface area is 140 Å². The summed E-state index contributed by atoms with van der Waals surface area (Å²) in [6.07, 6.45) is 1.57. The van der Waals surface area contributed by atoms with Crippen LogP contribution in [-0.2, 0) is 11.5 Å². The molecule has 22 heavy (non-hydrogen) atoms. The molecule has 0 bridgehead atoms. The molecule has 1 aromatic carbocycles. The summed E-state index contributed by atoms with van der Waals surface area (Å²) in [5.74, 6) is 0. The maximum atomic E-state index is 12.6. The summed E-state index contributed by atoms with van der Waals surface area (Å²) in [4.78, 5) is 17.0. The largest absolute Gasteiger partial charge is 0.361 e. The molecule has 2 rings (SSSR count). The molecule has 6 heteroatoms. The van der Waals surface area contributed by atoms with Crippen LogP contribution in [0.5, 0.6) is 0 Å². The zero-order valence-corrected chi connectivity index (χ0v) is 16.5. The normalized spacial score (nSPS) is 12.1. The van der Waals surface area contributed by atoms with Gasteiger partial charge >= 0.3 is 0 Å². The first-order valence-electron chi connectivity index (χ1n) is 7.43. The number of hydrogen-bond acceptors (Lipinski definition) is 3. The van der Waals surface area contributed by atoms with Crippen LogP contribution < -0.4 is 5.56 Å². The van der Waals surface area contributed by atoms with Crippen LogP contribution >= 0.6 is 15.9 Å². The summed E-state index contributed by atoms with van der Waals surface area (Å²) in [5.41, 5.74) is 2.85. The van der Waals surface area contributed by atoms with E-state index in [0.717, 1.165) is 21.6 Å². The summed E-state index contributed by atoms with van der Waals surface area (Å²) in [6, 6.07) is 3.00. The second-order valence-electron chi connectivity index (χ2n) is 6.90. The molecule has 0 radical (unpaired) electrons. The topological polar surface area (TPSA) is 44.1 Å². The number of aryl methyl sites for hydroxylation is 1. The molecule has 0 aliphatic rings. The molecule has 0 spiro atoms. The zero-order chi connectivity index (χ0) is 16.5. The molecule has 0 amide bonds. The minimum Gasteiger partial charge on any atom is -0.361 e. The molecular weight excluding hydrogens is 360 g/mol. The molecule has 0 saturated heterocycles. The Morgan fingerprint density at radius 1 is 1.32 bits per heavy atom. The highest BCUT2D eigenvalue weighted by Gasteiger charge is 2.13. The minimum atomic E-state index is -1.11. The maximum absolute atomic E-state index is 12.6. The van der Waals surface area contributed by atoms with E-state index < -0.39 is 8.07 Å². The summed E-state index contributed by atoms with van der Waals surface area (Å²) >= 11 is 3.54. The van der Waals surface area contributed by atoms with Gasteiger partial charge in [-0.1, -0.05) is 19.6 Å². The summed E-state index contributed by atoms with van der Waals surface area (Å²) in [7, 11) is -1.11. The lowest BCUT2D eigenvalue weighted by atomic mass is 10.1. The molecule has 0 N–H and O–H groups in total. The first-order valence-corrected chi connectivity index (χ1v) is 11.9. The smallest absolute Gasteiger partial charge is 0.263 e. The maximum Gasteiger partial charge on any atom is 0.263 e. The van der Waals surface area contributed by atoms with Gasteiger partial charge < -0.3 is 4.74 Å². The number of ether oxygens (including phenoxy) is 1. The van der Waals surface area contributed by atoms with Gasteiger partial charge in [-0.25, -0.2) is 4.98 Å². The fraction of sp³-hybridized carbons (Fsp3) is 0.500. The van der Waals surface area contributed by atoms with E-state index in [2.05, 4.69) is 40.6 Å². The van der Waals surface area contributed by atoms with Crippen LogP contribution in [0.15, 0.2) is 21.7 Å². The van der Waals surface area contributed by atoms with Crippen LogP contribution in [0.25, 0.3) is 10.9 Å². The van der Waals surface area contributed by atoms with E-state index in [1.165, 1.54) is 4.57 Å². The SMILES string of the molecule is Cc1cc2c(=O)n(COCC[Si](C)(C)C)cnc2c(Br)c1C. The quantitative estimate of drug-likeness (QED) is 0.577. The number of nitrogens with zero attached hydrogens (tertiary/aromatic N) is 2. The van der Waals surface area contributed by atoms with Crippen LogP contribution in [0.3, 0.4) is 0 Å². The van der Waals surface area contributed by atoms with E-state index in [1.807, 2.05) is 19.9 Å². The lowest BCUT2D eigenvalue weighted by Crippen LogP contribution is -2.25. The van der Waals surface area contributed by atoms with E-state index >= 15 is 0 Å². The third-order valence-electron chi connectivity index (χ3n) is 3.79. The fourth-order valence-corrected chi connectivity index (χ4v) is 3.50. The predicted molar refractivity (Wildman–Crippen MR) is 97.3 cm³/mol. The van der Waals surface area contributed by atoms with Crippen LogP contribution in [0.4, 0.5) is 0 Å². The standard InChI is InChI=1S/C16H23BrN2O2Si/c1-11-8-13-15(14(17)12(11)2)18-9-19(16(13)20)10-21-6-7-22(3,4)5/h8-9H,6-7,10H2,1-5H3. The fourth-order valence-electron chi connectivity index (χ4n) is 2.12. The number of rotatable bonds is 5. The van der Waals surface area contributed by atoms with Crippen molar-refractivity contribution >= 4 is 34.9 Å². The Bertz CT molecular complexity index is 750. The highest BCUT2D eigenvalue weighted by atomic mass is 79.9. The number of fused-ring (bicyclic) bond motifs is 1. The van der Waals surface area contributed by atoms with Gasteiger partial charge in [-0.3, -0.25) is 9.36 Å². The first kappa shape index (κ1) is 17.4. The Kier molecular flexibility index (Phi) is 5.24. The zero-order valence-electron chi connectivity index (χ0n) is 13.9. The molecule has 4 nitrogen and oxygen atoms in total.